The maximum atomic E-state index is 13.3. The molecule has 0 bridgehead atoms. The van der Waals surface area contributed by atoms with Crippen LogP contribution in [0.25, 0.3) is 0 Å². The van der Waals surface area contributed by atoms with E-state index in [1.54, 1.807) is 0 Å². The third kappa shape index (κ3) is 2.21. The fourth-order valence-electron chi connectivity index (χ4n) is 6.03. The number of carbonyl (C=O) groups excluding carboxylic acids is 1. The van der Waals surface area contributed by atoms with Crippen LogP contribution in [0.3, 0.4) is 0 Å². The molecule has 5 nitrogen and oxygen atoms in total. The minimum atomic E-state index is -0.217. The number of hydrogen-bond acceptors (Lipinski definition) is 5. The molecule has 2 aliphatic carbocycles. The highest BCUT2D eigenvalue weighted by Crippen LogP contribution is 2.59. The topological polar surface area (TPSA) is 63.0 Å². The Bertz CT molecular complexity index is 727. The van der Waals surface area contributed by atoms with E-state index in [1.165, 1.54) is 18.4 Å². The Morgan fingerprint density at radius 2 is 2.00 bits per heavy atom. The van der Waals surface area contributed by atoms with Crippen LogP contribution < -0.4 is 5.32 Å². The van der Waals surface area contributed by atoms with Gasteiger partial charge in [0.25, 0.3) is 0 Å². The van der Waals surface area contributed by atoms with Gasteiger partial charge in [0.1, 0.15) is 0 Å². The molecule has 1 saturated carbocycles. The van der Waals surface area contributed by atoms with E-state index >= 15 is 0 Å². The van der Waals surface area contributed by atoms with Gasteiger partial charge in [-0.25, -0.2) is 0 Å². The van der Waals surface area contributed by atoms with E-state index in [9.17, 15) is 4.79 Å². The molecule has 25 heavy (non-hydrogen) atoms. The molecule has 5 rings (SSSR count). The predicted octanol–water partition coefficient (Wildman–Crippen LogP) is 4.02. The van der Waals surface area contributed by atoms with Crippen molar-refractivity contribution in [1.82, 2.24) is 5.32 Å². The second kappa shape index (κ2) is 5.03. The fourth-order valence-corrected chi connectivity index (χ4v) is 6.03. The van der Waals surface area contributed by atoms with Gasteiger partial charge in [0.15, 0.2) is 11.9 Å². The third-order valence-electron chi connectivity index (χ3n) is 6.97. The number of rotatable bonds is 0. The van der Waals surface area contributed by atoms with Crippen LogP contribution in [-0.2, 0) is 9.53 Å². The van der Waals surface area contributed by atoms with Crippen molar-refractivity contribution in [3.05, 3.63) is 23.0 Å². The van der Waals surface area contributed by atoms with Gasteiger partial charge in [-0.2, -0.15) is 10.2 Å². The number of allylic oxidation sites excluding steroid dienone is 2. The normalized spacial score (nSPS) is 37.9. The molecule has 5 aliphatic rings. The zero-order valence-corrected chi connectivity index (χ0v) is 15.2. The van der Waals surface area contributed by atoms with Crippen molar-refractivity contribution in [2.75, 3.05) is 6.61 Å². The summed E-state index contributed by atoms with van der Waals surface area (Å²) in [5, 5.41) is 12.2. The molecule has 134 valence electrons. The Hall–Kier alpha value is -1.49. The fraction of sp³-hybridized carbons (Fsp3) is 0.750. The zero-order chi connectivity index (χ0) is 17.3. The van der Waals surface area contributed by atoms with Gasteiger partial charge in [-0.1, -0.05) is 26.7 Å². The number of carbonyl (C=O) groups is 1. The molecule has 3 aliphatic heterocycles. The second-order valence-corrected chi connectivity index (χ2v) is 9.40. The third-order valence-corrected chi connectivity index (χ3v) is 6.97. The first-order chi connectivity index (χ1) is 11.9. The summed E-state index contributed by atoms with van der Waals surface area (Å²) in [6.07, 6.45) is 9.91. The SMILES string of the molecule is CC1(C)CC(=O)C2=C(C1)NC1N=NC=C1[C@]21CCOC2(CCCC2)C1. The van der Waals surface area contributed by atoms with Crippen LogP contribution in [0.2, 0.25) is 0 Å². The van der Waals surface area contributed by atoms with Crippen LogP contribution in [0.15, 0.2) is 33.3 Å². The van der Waals surface area contributed by atoms with Crippen molar-refractivity contribution in [2.24, 2.45) is 21.1 Å². The monoisotopic (exact) mass is 341 g/mol. The number of ketones is 1. The molecule has 1 unspecified atom stereocenters. The average molecular weight is 341 g/mol. The molecular weight excluding hydrogens is 314 g/mol. The van der Waals surface area contributed by atoms with Crippen LogP contribution in [-0.4, -0.2) is 24.2 Å². The molecule has 1 N–H and O–H groups in total. The van der Waals surface area contributed by atoms with E-state index in [0.29, 0.717) is 12.2 Å². The molecule has 2 spiro atoms. The van der Waals surface area contributed by atoms with Crippen molar-refractivity contribution >= 4 is 5.78 Å². The van der Waals surface area contributed by atoms with Crippen LogP contribution in [0.1, 0.15) is 65.2 Å². The number of hydrogen-bond donors (Lipinski definition) is 1. The van der Waals surface area contributed by atoms with Gasteiger partial charge >= 0.3 is 0 Å². The van der Waals surface area contributed by atoms with Crippen LogP contribution in [0.4, 0.5) is 0 Å². The molecule has 0 aromatic carbocycles. The minimum Gasteiger partial charge on any atom is -0.375 e. The lowest BCUT2D eigenvalue weighted by Gasteiger charge is -2.53. The van der Waals surface area contributed by atoms with E-state index < -0.39 is 0 Å². The first-order valence-electron chi connectivity index (χ1n) is 9.71. The highest BCUT2D eigenvalue weighted by Gasteiger charge is 2.58. The number of nitrogens with zero attached hydrogens (tertiary/aromatic N) is 2. The zero-order valence-electron chi connectivity index (χ0n) is 15.2. The Morgan fingerprint density at radius 1 is 1.20 bits per heavy atom. The van der Waals surface area contributed by atoms with Crippen molar-refractivity contribution in [1.29, 1.82) is 0 Å². The molecule has 2 fully saturated rings. The lowest BCUT2D eigenvalue weighted by atomic mass is 9.57. The molecule has 0 aromatic rings. The largest absolute Gasteiger partial charge is 0.375 e. The summed E-state index contributed by atoms with van der Waals surface area (Å²) in [6.45, 7) is 5.11. The maximum Gasteiger partial charge on any atom is 0.164 e. The van der Waals surface area contributed by atoms with Gasteiger partial charge in [-0.05, 0) is 37.5 Å². The lowest BCUT2D eigenvalue weighted by molar-refractivity contribution is -0.126. The predicted molar refractivity (Wildman–Crippen MR) is 93.7 cm³/mol. The number of nitrogens with one attached hydrogen (secondary N) is 1. The molecule has 2 atom stereocenters. The Morgan fingerprint density at radius 3 is 2.80 bits per heavy atom. The number of ether oxygens (including phenoxy) is 1. The van der Waals surface area contributed by atoms with E-state index in [4.69, 9.17) is 4.74 Å². The second-order valence-electron chi connectivity index (χ2n) is 9.40. The first-order valence-corrected chi connectivity index (χ1v) is 9.71. The van der Waals surface area contributed by atoms with Gasteiger partial charge < -0.3 is 10.1 Å². The summed E-state index contributed by atoms with van der Waals surface area (Å²) in [5.41, 5.74) is 3.11. The molecule has 0 amide bonds. The summed E-state index contributed by atoms with van der Waals surface area (Å²) in [6, 6.07) is 0. The number of Topliss-reactive ketones (excluding diaryl/α,β-unsaturated/α-hetero) is 1. The molecular formula is C20H27N3O2. The average Bonchev–Trinajstić information content (AvgIpc) is 3.15. The van der Waals surface area contributed by atoms with Gasteiger partial charge in [-0.3, -0.25) is 4.79 Å². The van der Waals surface area contributed by atoms with E-state index in [1.807, 2.05) is 6.20 Å². The Labute approximate surface area is 149 Å². The van der Waals surface area contributed by atoms with E-state index in [-0.39, 0.29) is 22.6 Å². The van der Waals surface area contributed by atoms with Gasteiger partial charge in [0.2, 0.25) is 0 Å². The molecule has 0 radical (unpaired) electrons. The quantitative estimate of drug-likeness (QED) is 0.724. The summed E-state index contributed by atoms with van der Waals surface area (Å²) in [4.78, 5) is 13.3. The standard InChI is InChI=1S/C20H27N3O2/c1-18(2)9-14-16(15(24)10-18)20(13-11-21-23-17(13)22-14)7-8-25-19(12-20)5-3-4-6-19/h11,17,22H,3-10,12H2,1-2H3/t17?,20-/m1/s1. The molecule has 5 heteroatoms. The van der Waals surface area contributed by atoms with E-state index in [0.717, 1.165) is 50.0 Å². The first kappa shape index (κ1) is 15.7. The lowest BCUT2D eigenvalue weighted by Crippen LogP contribution is -2.54. The summed E-state index contributed by atoms with van der Waals surface area (Å²) < 4.78 is 6.32. The van der Waals surface area contributed by atoms with Crippen LogP contribution in [0, 0.1) is 10.8 Å². The maximum absolute atomic E-state index is 13.3. The van der Waals surface area contributed by atoms with E-state index in [2.05, 4.69) is 29.4 Å². The summed E-state index contributed by atoms with van der Waals surface area (Å²) in [7, 11) is 0. The molecule has 0 aromatic heterocycles. The van der Waals surface area contributed by atoms with Crippen LogP contribution >= 0.6 is 0 Å². The summed E-state index contributed by atoms with van der Waals surface area (Å²) >= 11 is 0. The Kier molecular flexibility index (Phi) is 3.17. The smallest absolute Gasteiger partial charge is 0.164 e. The van der Waals surface area contributed by atoms with Gasteiger partial charge in [0, 0.05) is 35.3 Å². The van der Waals surface area contributed by atoms with Gasteiger partial charge in [0.05, 0.1) is 11.8 Å². The van der Waals surface area contributed by atoms with Crippen molar-refractivity contribution in [3.63, 3.8) is 0 Å². The number of azo groups is 1. The highest BCUT2D eigenvalue weighted by molar-refractivity contribution is 6.00. The van der Waals surface area contributed by atoms with Crippen LogP contribution in [0.5, 0.6) is 0 Å². The van der Waals surface area contributed by atoms with Crippen molar-refractivity contribution in [2.45, 2.75) is 77.0 Å². The molecule has 3 heterocycles. The minimum absolute atomic E-state index is 0.0112. The number of fused-ring (bicyclic) bond motifs is 3. The van der Waals surface area contributed by atoms with Gasteiger partial charge in [-0.15, -0.1) is 0 Å². The van der Waals surface area contributed by atoms with Crippen molar-refractivity contribution in [3.8, 4) is 0 Å². The van der Waals surface area contributed by atoms with Crippen molar-refractivity contribution < 1.29 is 9.53 Å². The Balaban J connectivity index is 1.66. The summed E-state index contributed by atoms with van der Waals surface area (Å²) in [5.74, 6) is 0.319. The highest BCUT2D eigenvalue weighted by atomic mass is 16.5. The molecule has 1 saturated heterocycles.